The Labute approximate surface area is 179 Å². The van der Waals surface area contributed by atoms with Gasteiger partial charge in [-0.15, -0.1) is 0 Å². The Balaban J connectivity index is 1.54. The molecule has 0 atom stereocenters. The van der Waals surface area contributed by atoms with Crippen LogP contribution in [-0.2, 0) is 14.6 Å². The molecule has 1 aliphatic heterocycles. The van der Waals surface area contributed by atoms with Gasteiger partial charge < -0.3 is 18.9 Å². The number of nitrogens with one attached hydrogen (secondary N) is 1. The first-order valence-corrected chi connectivity index (χ1v) is 11.5. The highest BCUT2D eigenvalue weighted by Crippen LogP contribution is 2.32. The monoisotopic (exact) mass is 451 g/mol. The van der Waals surface area contributed by atoms with Crippen LogP contribution in [0.2, 0.25) is 5.02 Å². The highest BCUT2D eigenvalue weighted by atomic mass is 35.5. The minimum atomic E-state index is -3.91. The molecule has 0 saturated carbocycles. The number of rotatable bonds is 8. The molecule has 3 aromatic rings. The molecule has 1 saturated heterocycles. The third kappa shape index (κ3) is 4.70. The van der Waals surface area contributed by atoms with Gasteiger partial charge in [-0.3, -0.25) is 4.90 Å². The number of hydrogen-bond donors (Lipinski definition) is 1. The molecule has 4 rings (SSSR count). The van der Waals surface area contributed by atoms with Gasteiger partial charge in [0, 0.05) is 24.7 Å². The van der Waals surface area contributed by atoms with Crippen LogP contribution in [0.4, 0.5) is 5.88 Å². The van der Waals surface area contributed by atoms with E-state index in [1.807, 2.05) is 0 Å². The van der Waals surface area contributed by atoms with Crippen LogP contribution in [-0.4, -0.2) is 57.7 Å². The van der Waals surface area contributed by atoms with Crippen molar-refractivity contribution in [3.63, 3.8) is 0 Å². The summed E-state index contributed by atoms with van der Waals surface area (Å²) in [5.41, 5.74) is 0. The van der Waals surface area contributed by atoms with Crippen molar-refractivity contribution in [1.29, 1.82) is 0 Å². The van der Waals surface area contributed by atoms with Gasteiger partial charge in [0.25, 0.3) is 5.89 Å². The van der Waals surface area contributed by atoms with Gasteiger partial charge in [-0.05, 0) is 49.4 Å². The van der Waals surface area contributed by atoms with E-state index in [1.165, 1.54) is 30.5 Å². The predicted octanol–water partition coefficient (Wildman–Crippen LogP) is 3.56. The average molecular weight is 452 g/mol. The van der Waals surface area contributed by atoms with Crippen molar-refractivity contribution >= 4 is 27.3 Å². The van der Waals surface area contributed by atoms with Crippen LogP contribution in [0.1, 0.15) is 6.42 Å². The highest BCUT2D eigenvalue weighted by molar-refractivity contribution is 7.91. The van der Waals surface area contributed by atoms with Gasteiger partial charge in [0.15, 0.2) is 5.76 Å². The van der Waals surface area contributed by atoms with Crippen molar-refractivity contribution in [3.8, 4) is 11.7 Å². The first-order chi connectivity index (χ1) is 14.5. The van der Waals surface area contributed by atoms with Crippen molar-refractivity contribution in [2.45, 2.75) is 16.3 Å². The topological polar surface area (TPSA) is 97.8 Å². The number of morpholine rings is 1. The van der Waals surface area contributed by atoms with Crippen molar-refractivity contribution in [1.82, 2.24) is 9.88 Å². The second-order valence-corrected chi connectivity index (χ2v) is 9.12. The number of sulfone groups is 1. The lowest BCUT2D eigenvalue weighted by atomic mass is 10.3. The summed E-state index contributed by atoms with van der Waals surface area (Å²) in [5.74, 6) is 0.547. The number of anilines is 1. The van der Waals surface area contributed by atoms with Crippen LogP contribution in [0.3, 0.4) is 0 Å². The van der Waals surface area contributed by atoms with Gasteiger partial charge in [-0.2, -0.15) is 4.98 Å². The van der Waals surface area contributed by atoms with Gasteiger partial charge in [-0.1, -0.05) is 11.6 Å². The SMILES string of the molecule is O=S(=O)(c1ccc(Cl)cc1)c1nc(-c2ccco2)oc1NCCCN1CCOCC1. The molecule has 160 valence electrons. The molecule has 1 aromatic carbocycles. The summed E-state index contributed by atoms with van der Waals surface area (Å²) >= 11 is 5.89. The molecule has 10 heteroatoms. The van der Waals surface area contributed by atoms with Gasteiger partial charge in [0.2, 0.25) is 20.7 Å². The molecule has 1 N–H and O–H groups in total. The zero-order chi connectivity index (χ0) is 21.0. The lowest BCUT2D eigenvalue weighted by Crippen LogP contribution is -2.37. The summed E-state index contributed by atoms with van der Waals surface area (Å²) in [6.45, 7) is 4.71. The molecule has 0 spiro atoms. The maximum atomic E-state index is 13.2. The second-order valence-electron chi connectivity index (χ2n) is 6.82. The van der Waals surface area contributed by atoms with Crippen LogP contribution in [0, 0.1) is 0 Å². The van der Waals surface area contributed by atoms with E-state index in [2.05, 4.69) is 15.2 Å². The Morgan fingerprint density at radius 3 is 2.60 bits per heavy atom. The Morgan fingerprint density at radius 1 is 1.13 bits per heavy atom. The van der Waals surface area contributed by atoms with Crippen LogP contribution >= 0.6 is 11.6 Å². The number of halogens is 1. The molecule has 8 nitrogen and oxygen atoms in total. The van der Waals surface area contributed by atoms with Gasteiger partial charge >= 0.3 is 0 Å². The summed E-state index contributed by atoms with van der Waals surface area (Å²) in [6.07, 6.45) is 2.29. The minimum Gasteiger partial charge on any atom is -0.459 e. The van der Waals surface area contributed by atoms with Gasteiger partial charge in [-0.25, -0.2) is 8.42 Å². The molecule has 2 aromatic heterocycles. The molecular formula is C20H22ClN3O5S. The first kappa shape index (κ1) is 20.9. The maximum Gasteiger partial charge on any atom is 0.266 e. The highest BCUT2D eigenvalue weighted by Gasteiger charge is 2.29. The van der Waals surface area contributed by atoms with Crippen molar-refractivity contribution in [3.05, 3.63) is 47.7 Å². The number of oxazole rings is 1. The van der Waals surface area contributed by atoms with E-state index in [9.17, 15) is 8.42 Å². The van der Waals surface area contributed by atoms with Crippen LogP contribution in [0.15, 0.2) is 61.4 Å². The molecule has 0 amide bonds. The van der Waals surface area contributed by atoms with Crippen molar-refractivity contribution in [2.75, 3.05) is 44.7 Å². The standard InChI is InChI=1S/C20H22ClN3O5S/c21-15-4-6-16(7-5-15)30(25,26)20-19(29-18(23-20)17-3-1-12-28-17)22-8-2-9-24-10-13-27-14-11-24/h1,3-7,12,22H,2,8-11,13-14H2. The fraction of sp³-hybridized carbons (Fsp3) is 0.350. The summed E-state index contributed by atoms with van der Waals surface area (Å²) in [6, 6.07) is 9.28. The van der Waals surface area contributed by atoms with Gasteiger partial charge in [0.1, 0.15) is 0 Å². The number of nitrogens with zero attached hydrogens (tertiary/aromatic N) is 2. The molecule has 3 heterocycles. The van der Waals surface area contributed by atoms with E-state index < -0.39 is 9.84 Å². The first-order valence-electron chi connectivity index (χ1n) is 9.63. The molecule has 0 unspecified atom stereocenters. The Kier molecular flexibility index (Phi) is 6.43. The molecular weight excluding hydrogens is 430 g/mol. The third-order valence-corrected chi connectivity index (χ3v) is 6.68. The average Bonchev–Trinajstić information content (AvgIpc) is 3.42. The van der Waals surface area contributed by atoms with Crippen LogP contribution in [0.25, 0.3) is 11.7 Å². The zero-order valence-corrected chi connectivity index (χ0v) is 17.8. The molecule has 0 bridgehead atoms. The fourth-order valence-electron chi connectivity index (χ4n) is 3.16. The second kappa shape index (κ2) is 9.22. The summed E-state index contributed by atoms with van der Waals surface area (Å²) in [4.78, 5) is 6.62. The number of benzene rings is 1. The number of aromatic nitrogens is 1. The van der Waals surface area contributed by atoms with Crippen LogP contribution < -0.4 is 5.32 Å². The van der Waals surface area contributed by atoms with E-state index in [0.29, 0.717) is 17.3 Å². The largest absolute Gasteiger partial charge is 0.459 e. The number of furan rings is 1. The van der Waals surface area contributed by atoms with Crippen molar-refractivity contribution < 1.29 is 22.0 Å². The van der Waals surface area contributed by atoms with E-state index in [0.717, 1.165) is 39.3 Å². The predicted molar refractivity (Wildman–Crippen MR) is 111 cm³/mol. The maximum absolute atomic E-state index is 13.2. The van der Waals surface area contributed by atoms with Gasteiger partial charge in [0.05, 0.1) is 24.4 Å². The Bertz CT molecular complexity index is 1060. The lowest BCUT2D eigenvalue weighted by molar-refractivity contribution is 0.0378. The fourth-order valence-corrected chi connectivity index (χ4v) is 4.56. The lowest BCUT2D eigenvalue weighted by Gasteiger charge is -2.26. The summed E-state index contributed by atoms with van der Waals surface area (Å²) in [5, 5.41) is 3.36. The molecule has 0 aliphatic carbocycles. The van der Waals surface area contributed by atoms with E-state index in [4.69, 9.17) is 25.2 Å². The molecule has 1 fully saturated rings. The Hall–Kier alpha value is -2.33. The Morgan fingerprint density at radius 2 is 1.90 bits per heavy atom. The smallest absolute Gasteiger partial charge is 0.266 e. The quantitative estimate of drug-likeness (QED) is 0.519. The van der Waals surface area contributed by atoms with E-state index in [1.54, 1.807) is 12.1 Å². The molecule has 30 heavy (non-hydrogen) atoms. The number of hydrogen-bond acceptors (Lipinski definition) is 8. The third-order valence-electron chi connectivity index (χ3n) is 4.75. The minimum absolute atomic E-state index is 0.0857. The van der Waals surface area contributed by atoms with E-state index in [-0.39, 0.29) is 21.7 Å². The normalized spacial score (nSPS) is 15.4. The molecule has 0 radical (unpaired) electrons. The molecule has 1 aliphatic rings. The zero-order valence-electron chi connectivity index (χ0n) is 16.2. The summed E-state index contributed by atoms with van der Waals surface area (Å²) < 4.78 is 42.7. The number of ether oxygens (including phenoxy) is 1. The van der Waals surface area contributed by atoms with Crippen molar-refractivity contribution in [2.24, 2.45) is 0 Å². The summed E-state index contributed by atoms with van der Waals surface area (Å²) in [7, 11) is -3.91. The van der Waals surface area contributed by atoms with E-state index >= 15 is 0 Å². The van der Waals surface area contributed by atoms with Crippen LogP contribution in [0.5, 0.6) is 0 Å².